The molecule has 0 aliphatic carbocycles. The molecule has 2 aromatic rings. The van der Waals surface area contributed by atoms with E-state index in [0.29, 0.717) is 6.61 Å². The zero-order chi connectivity index (χ0) is 18.3. The third-order valence-corrected chi connectivity index (χ3v) is 9.91. The summed E-state index contributed by atoms with van der Waals surface area (Å²) in [5.41, 5.74) is 5.90. The fraction of sp³-hybridized carbons (Fsp3) is 0.304. The zero-order valence-electron chi connectivity index (χ0n) is 15.8. The van der Waals surface area contributed by atoms with Crippen molar-refractivity contribution in [2.45, 2.75) is 45.5 Å². The predicted octanol–water partition coefficient (Wildman–Crippen LogP) is 7.16. The molecule has 0 heterocycles. The Hall–Kier alpha value is -1.90. The van der Waals surface area contributed by atoms with Crippen molar-refractivity contribution in [3.63, 3.8) is 0 Å². The van der Waals surface area contributed by atoms with Crippen LogP contribution in [0.4, 0.5) is 0 Å². The summed E-state index contributed by atoms with van der Waals surface area (Å²) in [7, 11) is -1.57. The summed E-state index contributed by atoms with van der Waals surface area (Å²) in [4.78, 5) is 0. The minimum Gasteiger partial charge on any atom is -0.413 e. The zero-order valence-corrected chi connectivity index (χ0v) is 16.8. The lowest BCUT2D eigenvalue weighted by Crippen LogP contribution is -2.35. The van der Waals surface area contributed by atoms with Gasteiger partial charge in [-0.2, -0.15) is 0 Å². The highest BCUT2D eigenvalue weighted by Crippen LogP contribution is 2.31. The van der Waals surface area contributed by atoms with Crippen LogP contribution in [0.5, 0.6) is 0 Å². The topological polar surface area (TPSA) is 9.23 Å². The van der Waals surface area contributed by atoms with Crippen molar-refractivity contribution in [3.05, 3.63) is 72.3 Å². The minimum absolute atomic E-state index is 0.697. The summed E-state index contributed by atoms with van der Waals surface area (Å²) in [6.45, 7) is 15.4. The van der Waals surface area contributed by atoms with Crippen molar-refractivity contribution in [1.29, 1.82) is 0 Å². The van der Waals surface area contributed by atoms with E-state index in [9.17, 15) is 0 Å². The summed E-state index contributed by atoms with van der Waals surface area (Å²) in [6, 6.07) is 18.5. The van der Waals surface area contributed by atoms with Gasteiger partial charge in [-0.05, 0) is 52.0 Å². The van der Waals surface area contributed by atoms with Crippen LogP contribution in [0.25, 0.3) is 23.3 Å². The van der Waals surface area contributed by atoms with Gasteiger partial charge in [-0.3, -0.25) is 0 Å². The maximum Gasteiger partial charge on any atom is 0.192 e. The molecule has 2 heteroatoms. The molecule has 2 rings (SSSR count). The van der Waals surface area contributed by atoms with E-state index in [1.165, 1.54) is 34.8 Å². The lowest BCUT2D eigenvalue weighted by Gasteiger charge is -2.28. The first-order valence-corrected chi connectivity index (χ1v) is 11.8. The fourth-order valence-corrected chi connectivity index (χ4v) is 5.90. The Morgan fingerprint density at radius 3 is 2.04 bits per heavy atom. The second-order valence-electron chi connectivity index (χ2n) is 6.45. The minimum atomic E-state index is -1.57. The largest absolute Gasteiger partial charge is 0.413 e. The van der Waals surface area contributed by atoms with Gasteiger partial charge in [0.05, 0.1) is 6.61 Å². The second-order valence-corrected chi connectivity index (χ2v) is 11.2. The number of hydrogen-bond donors (Lipinski definition) is 0. The van der Waals surface area contributed by atoms with Crippen LogP contribution in [0.15, 0.2) is 55.6 Å². The van der Waals surface area contributed by atoms with E-state index < -0.39 is 8.32 Å². The van der Waals surface area contributed by atoms with Crippen LogP contribution in [0.3, 0.4) is 0 Å². The van der Waals surface area contributed by atoms with Crippen LogP contribution in [0.1, 0.15) is 37.5 Å². The first-order chi connectivity index (χ1) is 12.1. The average molecular weight is 351 g/mol. The molecule has 0 amide bonds. The Morgan fingerprint density at radius 2 is 1.44 bits per heavy atom. The highest BCUT2D eigenvalue weighted by atomic mass is 28.4. The normalized spacial score (nSPS) is 11.3. The lowest BCUT2D eigenvalue weighted by molar-refractivity contribution is 0.287. The van der Waals surface area contributed by atoms with E-state index in [2.05, 4.69) is 70.3 Å². The number of benzene rings is 2. The van der Waals surface area contributed by atoms with Gasteiger partial charge in [0, 0.05) is 0 Å². The molecule has 0 saturated heterocycles. The number of rotatable bonds is 9. The fourth-order valence-electron chi connectivity index (χ4n) is 3.32. The third-order valence-electron chi connectivity index (χ3n) is 5.29. The molecule has 0 unspecified atom stereocenters. The van der Waals surface area contributed by atoms with E-state index in [1.54, 1.807) is 0 Å². The van der Waals surface area contributed by atoms with E-state index >= 15 is 0 Å². The Labute approximate surface area is 154 Å². The molecule has 0 aromatic heterocycles. The molecule has 0 saturated carbocycles. The Kier molecular flexibility index (Phi) is 6.98. The molecule has 1 nitrogen and oxygen atoms in total. The van der Waals surface area contributed by atoms with Gasteiger partial charge in [0.15, 0.2) is 8.32 Å². The first-order valence-electron chi connectivity index (χ1n) is 9.24. The van der Waals surface area contributed by atoms with Crippen molar-refractivity contribution in [1.82, 2.24) is 0 Å². The van der Waals surface area contributed by atoms with E-state index in [1.807, 2.05) is 18.2 Å². The predicted molar refractivity (Wildman–Crippen MR) is 114 cm³/mol. The highest BCUT2D eigenvalue weighted by Gasteiger charge is 2.28. The van der Waals surface area contributed by atoms with E-state index in [-0.39, 0.29) is 0 Å². The quantitative estimate of drug-likeness (QED) is 0.436. The van der Waals surface area contributed by atoms with E-state index in [4.69, 9.17) is 4.43 Å². The molecule has 0 spiro atoms. The maximum atomic E-state index is 6.48. The van der Waals surface area contributed by atoms with E-state index in [0.717, 1.165) is 11.1 Å². The average Bonchev–Trinajstić information content (AvgIpc) is 2.69. The Balaban J connectivity index is 2.37. The third kappa shape index (κ3) is 4.39. The molecule has 0 aliphatic heterocycles. The van der Waals surface area contributed by atoms with Gasteiger partial charge in [-0.1, -0.05) is 82.5 Å². The Bertz CT molecular complexity index is 720. The van der Waals surface area contributed by atoms with Gasteiger partial charge in [-0.15, -0.1) is 0 Å². The van der Waals surface area contributed by atoms with Gasteiger partial charge >= 0.3 is 0 Å². The summed E-state index contributed by atoms with van der Waals surface area (Å²) in [5.74, 6) is 0. The summed E-state index contributed by atoms with van der Waals surface area (Å²) >= 11 is 0. The number of hydrogen-bond acceptors (Lipinski definition) is 1. The molecular formula is C23H30OSi. The van der Waals surface area contributed by atoms with Gasteiger partial charge in [0.2, 0.25) is 0 Å². The van der Waals surface area contributed by atoms with Crippen molar-refractivity contribution >= 4 is 20.5 Å². The maximum absolute atomic E-state index is 6.48. The van der Waals surface area contributed by atoms with Crippen LogP contribution >= 0.6 is 0 Å². The Morgan fingerprint density at radius 1 is 0.840 bits per heavy atom. The van der Waals surface area contributed by atoms with Crippen LogP contribution in [-0.4, -0.2) is 8.32 Å². The molecule has 132 valence electrons. The van der Waals surface area contributed by atoms with Gasteiger partial charge in [0.1, 0.15) is 0 Å². The van der Waals surface area contributed by atoms with Crippen LogP contribution in [0, 0.1) is 0 Å². The highest BCUT2D eigenvalue weighted by molar-refractivity contribution is 6.73. The smallest absolute Gasteiger partial charge is 0.192 e. The van der Waals surface area contributed by atoms with Gasteiger partial charge in [-0.25, -0.2) is 0 Å². The van der Waals surface area contributed by atoms with Crippen molar-refractivity contribution in [2.75, 3.05) is 0 Å². The van der Waals surface area contributed by atoms with Crippen molar-refractivity contribution in [2.24, 2.45) is 0 Å². The summed E-state index contributed by atoms with van der Waals surface area (Å²) < 4.78 is 6.48. The first kappa shape index (κ1) is 19.4. The molecule has 0 N–H and O–H groups in total. The molecule has 0 aliphatic rings. The van der Waals surface area contributed by atoms with Gasteiger partial charge < -0.3 is 4.43 Å². The molecule has 0 radical (unpaired) electrons. The standard InChI is InChI=1S/C23H30OSi/c1-6-20-13-11-12-14-22(20)23-17-19(15-16-21(23)7-2)18-24-25(8-3,9-4)10-5/h6-7,11-17H,1-2,8-10,18H2,3-5H3. The molecule has 25 heavy (non-hydrogen) atoms. The summed E-state index contributed by atoms with van der Waals surface area (Å²) in [5, 5.41) is 0. The molecule has 2 aromatic carbocycles. The molecule has 0 fully saturated rings. The lowest BCUT2D eigenvalue weighted by atomic mass is 9.94. The molecule has 0 atom stereocenters. The van der Waals surface area contributed by atoms with Crippen LogP contribution in [0.2, 0.25) is 18.1 Å². The second kappa shape index (κ2) is 8.98. The summed E-state index contributed by atoms with van der Waals surface area (Å²) in [6.07, 6.45) is 3.83. The van der Waals surface area contributed by atoms with Crippen molar-refractivity contribution < 1.29 is 4.43 Å². The van der Waals surface area contributed by atoms with Gasteiger partial charge in [0.25, 0.3) is 0 Å². The monoisotopic (exact) mass is 350 g/mol. The SMILES string of the molecule is C=Cc1ccccc1-c1cc(CO[Si](CC)(CC)CC)ccc1C=C. The van der Waals surface area contributed by atoms with Crippen LogP contribution < -0.4 is 0 Å². The van der Waals surface area contributed by atoms with Crippen molar-refractivity contribution in [3.8, 4) is 11.1 Å². The molecule has 0 bridgehead atoms. The molecular weight excluding hydrogens is 320 g/mol. The van der Waals surface area contributed by atoms with Crippen LogP contribution in [-0.2, 0) is 11.0 Å².